The third kappa shape index (κ3) is 5.42. The molecule has 2 heterocycles. The Morgan fingerprint density at radius 1 is 1.28 bits per heavy atom. The molecule has 0 aliphatic carbocycles. The maximum absolute atomic E-state index is 11.1. The van der Waals surface area contributed by atoms with Gasteiger partial charge in [-0.1, -0.05) is 23.7 Å². The Morgan fingerprint density at radius 2 is 2.08 bits per heavy atom. The van der Waals surface area contributed by atoms with Crippen LogP contribution < -0.4 is 0 Å². The number of halogens is 1. The summed E-state index contributed by atoms with van der Waals surface area (Å²) in [5.41, 5.74) is 1.22. The van der Waals surface area contributed by atoms with Gasteiger partial charge in [-0.15, -0.1) is 0 Å². The summed E-state index contributed by atoms with van der Waals surface area (Å²) in [4.78, 5) is 16.0. The van der Waals surface area contributed by atoms with E-state index in [0.717, 1.165) is 63.8 Å². The fourth-order valence-electron chi connectivity index (χ4n) is 4.11. The quantitative estimate of drug-likeness (QED) is 0.839. The van der Waals surface area contributed by atoms with E-state index in [2.05, 4.69) is 15.9 Å². The lowest BCUT2D eigenvalue weighted by atomic mass is 9.86. The van der Waals surface area contributed by atoms with Gasteiger partial charge < -0.3 is 9.84 Å². The van der Waals surface area contributed by atoms with Crippen molar-refractivity contribution in [3.63, 3.8) is 0 Å². The minimum Gasteiger partial charge on any atom is -0.481 e. The molecule has 5 nitrogen and oxygen atoms in total. The molecule has 1 aromatic carbocycles. The van der Waals surface area contributed by atoms with E-state index in [9.17, 15) is 4.79 Å². The molecule has 2 saturated heterocycles. The van der Waals surface area contributed by atoms with Gasteiger partial charge in [0.2, 0.25) is 0 Å². The van der Waals surface area contributed by atoms with Crippen LogP contribution in [-0.2, 0) is 16.1 Å². The molecule has 1 aromatic rings. The Bertz CT molecular complexity index is 578. The molecule has 0 amide bonds. The van der Waals surface area contributed by atoms with Gasteiger partial charge in [0.05, 0.1) is 13.2 Å². The van der Waals surface area contributed by atoms with E-state index in [-0.39, 0.29) is 6.42 Å². The van der Waals surface area contributed by atoms with E-state index in [1.807, 2.05) is 18.2 Å². The molecule has 0 saturated carbocycles. The van der Waals surface area contributed by atoms with Gasteiger partial charge in [-0.25, -0.2) is 0 Å². The lowest BCUT2D eigenvalue weighted by Gasteiger charge is -2.45. The van der Waals surface area contributed by atoms with Crippen LogP contribution in [0.25, 0.3) is 0 Å². The van der Waals surface area contributed by atoms with Gasteiger partial charge in [0.25, 0.3) is 0 Å². The van der Waals surface area contributed by atoms with Crippen molar-refractivity contribution < 1.29 is 14.6 Å². The molecule has 0 bridgehead atoms. The standard InChI is InChI=1S/C19H27ClN2O3/c20-17-3-1-2-15(12-17)13-21-7-6-18(22-8-10-25-11-9-22)16(14-21)4-5-19(23)24/h1-3,12,16,18H,4-11,13-14H2,(H,23,24)/t16-,18+/m0/s1. The second kappa shape index (κ2) is 8.99. The molecular formula is C19H27ClN2O3. The Balaban J connectivity index is 1.63. The van der Waals surface area contributed by atoms with Crippen molar-refractivity contribution in [2.24, 2.45) is 5.92 Å². The molecule has 1 N–H and O–H groups in total. The smallest absolute Gasteiger partial charge is 0.303 e. The number of hydrogen-bond donors (Lipinski definition) is 1. The third-order valence-electron chi connectivity index (χ3n) is 5.32. The van der Waals surface area contributed by atoms with E-state index in [0.29, 0.717) is 12.0 Å². The van der Waals surface area contributed by atoms with Crippen LogP contribution in [0.2, 0.25) is 5.02 Å². The first-order chi connectivity index (χ1) is 12.1. The normalized spacial score (nSPS) is 25.8. The van der Waals surface area contributed by atoms with Gasteiger partial charge in [0, 0.05) is 43.7 Å². The Hall–Kier alpha value is -1.14. The number of piperidine rings is 1. The second-order valence-corrected chi connectivity index (χ2v) is 7.50. The second-order valence-electron chi connectivity index (χ2n) is 7.06. The molecule has 25 heavy (non-hydrogen) atoms. The fourth-order valence-corrected chi connectivity index (χ4v) is 4.33. The summed E-state index contributed by atoms with van der Waals surface area (Å²) in [6, 6.07) is 8.47. The third-order valence-corrected chi connectivity index (χ3v) is 5.55. The van der Waals surface area contributed by atoms with Crippen molar-refractivity contribution >= 4 is 17.6 Å². The van der Waals surface area contributed by atoms with Crippen LogP contribution in [0, 0.1) is 5.92 Å². The summed E-state index contributed by atoms with van der Waals surface area (Å²) in [6.45, 7) is 6.35. The zero-order valence-corrected chi connectivity index (χ0v) is 15.3. The lowest BCUT2D eigenvalue weighted by molar-refractivity contribution is -0.137. The van der Waals surface area contributed by atoms with Gasteiger partial charge >= 0.3 is 5.97 Å². The largest absolute Gasteiger partial charge is 0.481 e. The molecular weight excluding hydrogens is 340 g/mol. The molecule has 0 radical (unpaired) electrons. The van der Waals surface area contributed by atoms with Crippen molar-refractivity contribution in [1.29, 1.82) is 0 Å². The van der Waals surface area contributed by atoms with Crippen LogP contribution in [0.3, 0.4) is 0 Å². The van der Waals surface area contributed by atoms with Crippen LogP contribution in [0.1, 0.15) is 24.8 Å². The van der Waals surface area contributed by atoms with Crippen LogP contribution in [0.5, 0.6) is 0 Å². The van der Waals surface area contributed by atoms with E-state index >= 15 is 0 Å². The van der Waals surface area contributed by atoms with Crippen molar-refractivity contribution in [3.05, 3.63) is 34.9 Å². The van der Waals surface area contributed by atoms with E-state index in [1.54, 1.807) is 0 Å². The first-order valence-electron chi connectivity index (χ1n) is 9.12. The molecule has 0 unspecified atom stereocenters. The SMILES string of the molecule is O=C(O)CC[C@H]1CN(Cc2cccc(Cl)c2)CC[C@H]1N1CCOCC1. The van der Waals surface area contributed by atoms with Crippen LogP contribution in [0.15, 0.2) is 24.3 Å². The van der Waals surface area contributed by atoms with Gasteiger partial charge in [-0.3, -0.25) is 14.6 Å². The van der Waals surface area contributed by atoms with Crippen LogP contribution >= 0.6 is 11.6 Å². The zero-order valence-electron chi connectivity index (χ0n) is 14.6. The number of likely N-dealkylation sites (tertiary alicyclic amines) is 1. The number of carboxylic acids is 1. The number of carbonyl (C=O) groups is 1. The molecule has 2 aliphatic rings. The number of rotatable bonds is 6. The topological polar surface area (TPSA) is 53.0 Å². The Labute approximate surface area is 154 Å². The highest BCUT2D eigenvalue weighted by Gasteiger charge is 2.34. The highest BCUT2D eigenvalue weighted by Crippen LogP contribution is 2.28. The number of benzene rings is 1. The number of ether oxygens (including phenoxy) is 1. The predicted octanol–water partition coefficient (Wildman–Crippen LogP) is 2.73. The number of nitrogens with zero attached hydrogens (tertiary/aromatic N) is 2. The van der Waals surface area contributed by atoms with Gasteiger partial charge in [0.15, 0.2) is 0 Å². The number of morpholine rings is 1. The van der Waals surface area contributed by atoms with E-state index in [4.69, 9.17) is 21.4 Å². The maximum Gasteiger partial charge on any atom is 0.303 e. The van der Waals surface area contributed by atoms with Crippen molar-refractivity contribution in [1.82, 2.24) is 9.80 Å². The summed E-state index contributed by atoms with van der Waals surface area (Å²) >= 11 is 6.10. The number of carboxylic acid groups (broad SMARTS) is 1. The van der Waals surface area contributed by atoms with Crippen LogP contribution in [0.4, 0.5) is 0 Å². The summed E-state index contributed by atoms with van der Waals surface area (Å²) in [7, 11) is 0. The lowest BCUT2D eigenvalue weighted by Crippen LogP contribution is -2.53. The highest BCUT2D eigenvalue weighted by atomic mass is 35.5. The van der Waals surface area contributed by atoms with Gasteiger partial charge in [-0.2, -0.15) is 0 Å². The molecule has 3 rings (SSSR count). The highest BCUT2D eigenvalue weighted by molar-refractivity contribution is 6.30. The average Bonchev–Trinajstić information content (AvgIpc) is 2.61. The molecule has 6 heteroatoms. The maximum atomic E-state index is 11.1. The fraction of sp³-hybridized carbons (Fsp3) is 0.632. The summed E-state index contributed by atoms with van der Waals surface area (Å²) in [5.74, 6) is -0.310. The minimum atomic E-state index is -0.701. The van der Waals surface area contributed by atoms with Crippen LogP contribution in [-0.4, -0.2) is 66.3 Å². The first kappa shape index (κ1) is 18.6. The molecule has 2 aliphatic heterocycles. The molecule has 138 valence electrons. The summed E-state index contributed by atoms with van der Waals surface area (Å²) in [6.07, 6.45) is 2.07. The Kier molecular flexibility index (Phi) is 6.70. The molecule has 2 fully saturated rings. The van der Waals surface area contributed by atoms with Crippen molar-refractivity contribution in [3.8, 4) is 0 Å². The van der Waals surface area contributed by atoms with Crippen molar-refractivity contribution in [2.45, 2.75) is 31.8 Å². The average molecular weight is 367 g/mol. The van der Waals surface area contributed by atoms with E-state index < -0.39 is 5.97 Å². The molecule has 0 aromatic heterocycles. The molecule has 0 spiro atoms. The van der Waals surface area contributed by atoms with Gasteiger partial charge in [0.1, 0.15) is 0 Å². The van der Waals surface area contributed by atoms with E-state index in [1.165, 1.54) is 5.56 Å². The number of hydrogen-bond acceptors (Lipinski definition) is 4. The Morgan fingerprint density at radius 3 is 2.80 bits per heavy atom. The monoisotopic (exact) mass is 366 g/mol. The van der Waals surface area contributed by atoms with Gasteiger partial charge in [-0.05, 0) is 43.0 Å². The minimum absolute atomic E-state index is 0.247. The van der Waals surface area contributed by atoms with Crippen molar-refractivity contribution in [2.75, 3.05) is 39.4 Å². The molecule has 2 atom stereocenters. The zero-order chi connectivity index (χ0) is 17.6. The number of aliphatic carboxylic acids is 1. The predicted molar refractivity (Wildman–Crippen MR) is 97.9 cm³/mol. The first-order valence-corrected chi connectivity index (χ1v) is 9.50. The summed E-state index contributed by atoms with van der Waals surface area (Å²) in [5, 5.41) is 9.88. The summed E-state index contributed by atoms with van der Waals surface area (Å²) < 4.78 is 5.48.